The number of ether oxygens (including phenoxy) is 2. The first-order chi connectivity index (χ1) is 15.1. The number of nitrogens with two attached hydrogens (primary N) is 1. The van der Waals surface area contributed by atoms with E-state index in [2.05, 4.69) is 35.2 Å². The molecule has 3 aromatic rings. The van der Waals surface area contributed by atoms with Gasteiger partial charge >= 0.3 is 0 Å². The quantitative estimate of drug-likeness (QED) is 0.638. The van der Waals surface area contributed by atoms with Gasteiger partial charge in [0.2, 0.25) is 0 Å². The summed E-state index contributed by atoms with van der Waals surface area (Å²) < 4.78 is 11.4. The molecule has 1 atom stereocenters. The lowest BCUT2D eigenvalue weighted by Crippen LogP contribution is -2.59. The van der Waals surface area contributed by atoms with Gasteiger partial charge in [0.1, 0.15) is 5.75 Å². The van der Waals surface area contributed by atoms with Crippen molar-refractivity contribution in [1.29, 1.82) is 0 Å². The van der Waals surface area contributed by atoms with Crippen molar-refractivity contribution in [1.82, 2.24) is 4.90 Å². The van der Waals surface area contributed by atoms with Crippen LogP contribution in [0.25, 0.3) is 11.1 Å². The lowest BCUT2D eigenvalue weighted by atomic mass is 9.87. The maximum Gasteiger partial charge on any atom is 0.251 e. The summed E-state index contributed by atoms with van der Waals surface area (Å²) >= 11 is 0. The molecule has 0 bridgehead atoms. The van der Waals surface area contributed by atoms with Crippen LogP contribution in [0.2, 0.25) is 0 Å². The molecule has 1 aliphatic heterocycles. The number of amides is 1. The minimum atomic E-state index is -1.07. The number of rotatable bonds is 7. The molecular weight excluding hydrogens is 388 g/mol. The van der Waals surface area contributed by atoms with Gasteiger partial charge in [-0.05, 0) is 34.4 Å². The molecule has 160 valence electrons. The van der Waals surface area contributed by atoms with Crippen LogP contribution in [0.3, 0.4) is 0 Å². The first-order valence-corrected chi connectivity index (χ1v) is 10.5. The number of nitrogens with zero attached hydrogens (tertiary/aromatic N) is 1. The second kappa shape index (κ2) is 9.33. The van der Waals surface area contributed by atoms with Crippen LogP contribution < -0.4 is 10.5 Å². The number of carbonyl (C=O) groups is 1. The van der Waals surface area contributed by atoms with Gasteiger partial charge in [0.05, 0.1) is 13.7 Å². The molecule has 31 heavy (non-hydrogen) atoms. The lowest BCUT2D eigenvalue weighted by molar-refractivity contribution is -0.157. The van der Waals surface area contributed by atoms with Crippen molar-refractivity contribution in [3.63, 3.8) is 0 Å². The Bertz CT molecular complexity index is 1040. The molecule has 1 fully saturated rings. The van der Waals surface area contributed by atoms with Gasteiger partial charge in [-0.15, -0.1) is 0 Å². The normalized spacial score (nSPS) is 19.1. The number of hydrogen-bond donors (Lipinski definition) is 1. The van der Waals surface area contributed by atoms with Crippen LogP contribution in [0.4, 0.5) is 0 Å². The van der Waals surface area contributed by atoms with E-state index in [4.69, 9.17) is 15.2 Å². The SMILES string of the molecule is COc1cccc(CN2CCO[C@](Cc3ccccc3-c3ccccc3)(C(N)=O)C2)c1. The van der Waals surface area contributed by atoms with Crippen LogP contribution >= 0.6 is 0 Å². The molecule has 1 saturated heterocycles. The number of carbonyl (C=O) groups excluding carboxylic acids is 1. The van der Waals surface area contributed by atoms with Crippen LogP contribution in [0.15, 0.2) is 78.9 Å². The first-order valence-electron chi connectivity index (χ1n) is 10.5. The van der Waals surface area contributed by atoms with E-state index >= 15 is 0 Å². The van der Waals surface area contributed by atoms with Crippen molar-refractivity contribution in [2.24, 2.45) is 5.73 Å². The zero-order valence-corrected chi connectivity index (χ0v) is 17.8. The Morgan fingerprint density at radius 2 is 1.84 bits per heavy atom. The van der Waals surface area contributed by atoms with Crippen LogP contribution in [-0.4, -0.2) is 43.2 Å². The Morgan fingerprint density at radius 3 is 2.61 bits per heavy atom. The Morgan fingerprint density at radius 1 is 1.06 bits per heavy atom. The summed E-state index contributed by atoms with van der Waals surface area (Å²) in [5.74, 6) is 0.398. The second-order valence-corrected chi connectivity index (χ2v) is 7.97. The van der Waals surface area contributed by atoms with Crippen molar-refractivity contribution in [2.45, 2.75) is 18.6 Å². The van der Waals surface area contributed by atoms with E-state index in [1.165, 1.54) is 0 Å². The Kier molecular flexibility index (Phi) is 6.35. The number of methoxy groups -OCH3 is 1. The van der Waals surface area contributed by atoms with Gasteiger partial charge in [-0.3, -0.25) is 9.69 Å². The van der Waals surface area contributed by atoms with Gasteiger partial charge in [0, 0.05) is 26.1 Å². The summed E-state index contributed by atoms with van der Waals surface area (Å²) in [5.41, 5.74) is 9.25. The molecule has 4 rings (SSSR count). The molecule has 5 nitrogen and oxygen atoms in total. The predicted molar refractivity (Wildman–Crippen MR) is 122 cm³/mol. The summed E-state index contributed by atoms with van der Waals surface area (Å²) in [6, 6.07) is 26.3. The maximum absolute atomic E-state index is 12.7. The third-order valence-electron chi connectivity index (χ3n) is 5.83. The van der Waals surface area contributed by atoms with Gasteiger partial charge in [-0.1, -0.05) is 66.7 Å². The number of primary amides is 1. The maximum atomic E-state index is 12.7. The molecule has 1 heterocycles. The van der Waals surface area contributed by atoms with Crippen LogP contribution in [0.5, 0.6) is 5.75 Å². The van der Waals surface area contributed by atoms with Crippen molar-refractivity contribution in [2.75, 3.05) is 26.8 Å². The summed E-state index contributed by atoms with van der Waals surface area (Å²) in [7, 11) is 1.66. The monoisotopic (exact) mass is 416 g/mol. The molecule has 1 amide bonds. The molecule has 0 unspecified atom stereocenters. The molecule has 0 aliphatic carbocycles. The topological polar surface area (TPSA) is 64.8 Å². The van der Waals surface area contributed by atoms with E-state index in [9.17, 15) is 4.79 Å². The number of hydrogen-bond acceptors (Lipinski definition) is 4. The van der Waals surface area contributed by atoms with Crippen LogP contribution in [0.1, 0.15) is 11.1 Å². The van der Waals surface area contributed by atoms with E-state index in [0.717, 1.165) is 34.5 Å². The van der Waals surface area contributed by atoms with Crippen LogP contribution in [0, 0.1) is 0 Å². The van der Waals surface area contributed by atoms with E-state index in [0.29, 0.717) is 26.1 Å². The van der Waals surface area contributed by atoms with Crippen LogP contribution in [-0.2, 0) is 22.5 Å². The molecule has 2 N–H and O–H groups in total. The fourth-order valence-electron chi connectivity index (χ4n) is 4.24. The summed E-state index contributed by atoms with van der Waals surface area (Å²) in [4.78, 5) is 14.9. The van der Waals surface area contributed by atoms with E-state index < -0.39 is 11.5 Å². The van der Waals surface area contributed by atoms with Gasteiger partial charge in [-0.2, -0.15) is 0 Å². The fourth-order valence-corrected chi connectivity index (χ4v) is 4.24. The fraction of sp³-hybridized carbons (Fsp3) is 0.269. The Labute approximate surface area is 183 Å². The number of morpholine rings is 1. The minimum absolute atomic E-state index is 0.425. The van der Waals surface area contributed by atoms with Crippen molar-refractivity contribution >= 4 is 5.91 Å². The lowest BCUT2D eigenvalue weighted by Gasteiger charge is -2.41. The molecular formula is C26H28N2O3. The van der Waals surface area contributed by atoms with Gasteiger partial charge < -0.3 is 15.2 Å². The van der Waals surface area contributed by atoms with E-state index in [1.807, 2.05) is 48.5 Å². The first kappa shape index (κ1) is 21.1. The highest BCUT2D eigenvalue weighted by atomic mass is 16.5. The Balaban J connectivity index is 1.59. The molecule has 5 heteroatoms. The molecule has 0 radical (unpaired) electrons. The van der Waals surface area contributed by atoms with Crippen molar-refractivity contribution in [3.05, 3.63) is 90.0 Å². The largest absolute Gasteiger partial charge is 0.497 e. The van der Waals surface area contributed by atoms with E-state index in [1.54, 1.807) is 7.11 Å². The zero-order chi connectivity index (χ0) is 21.7. The molecule has 0 saturated carbocycles. The second-order valence-electron chi connectivity index (χ2n) is 7.97. The van der Waals surface area contributed by atoms with Gasteiger partial charge in [0.15, 0.2) is 5.60 Å². The minimum Gasteiger partial charge on any atom is -0.497 e. The molecule has 0 aromatic heterocycles. The number of benzene rings is 3. The van der Waals surface area contributed by atoms with E-state index in [-0.39, 0.29) is 0 Å². The summed E-state index contributed by atoms with van der Waals surface area (Å²) in [6.07, 6.45) is 0.433. The highest BCUT2D eigenvalue weighted by Gasteiger charge is 2.42. The predicted octanol–water partition coefficient (Wildman–Crippen LogP) is 3.66. The highest BCUT2D eigenvalue weighted by Crippen LogP contribution is 2.30. The average molecular weight is 417 g/mol. The third kappa shape index (κ3) is 4.79. The smallest absolute Gasteiger partial charge is 0.251 e. The Hall–Kier alpha value is -3.15. The highest BCUT2D eigenvalue weighted by molar-refractivity contribution is 5.85. The summed E-state index contributed by atoms with van der Waals surface area (Å²) in [5, 5.41) is 0. The standard InChI is InChI=1S/C26H28N2O3/c1-30-23-12-7-8-20(16-23)18-28-14-15-31-26(19-28,25(27)29)17-22-11-5-6-13-24(22)21-9-3-2-4-10-21/h2-13,16H,14-15,17-19H2,1H3,(H2,27,29)/t26-/m0/s1. The van der Waals surface area contributed by atoms with Gasteiger partial charge in [0.25, 0.3) is 5.91 Å². The molecule has 3 aromatic carbocycles. The summed E-state index contributed by atoms with van der Waals surface area (Å²) in [6.45, 7) is 2.35. The molecule has 1 aliphatic rings. The van der Waals surface area contributed by atoms with Crippen molar-refractivity contribution < 1.29 is 14.3 Å². The van der Waals surface area contributed by atoms with Gasteiger partial charge in [-0.25, -0.2) is 0 Å². The van der Waals surface area contributed by atoms with Crippen molar-refractivity contribution in [3.8, 4) is 16.9 Å². The molecule has 0 spiro atoms. The average Bonchev–Trinajstić information content (AvgIpc) is 2.80. The zero-order valence-electron chi connectivity index (χ0n) is 17.8. The third-order valence-corrected chi connectivity index (χ3v) is 5.83.